The molecule has 2 saturated heterocycles. The summed E-state index contributed by atoms with van der Waals surface area (Å²) in [4.78, 5) is 18.6. The summed E-state index contributed by atoms with van der Waals surface area (Å²) in [6, 6.07) is 12.2. The lowest BCUT2D eigenvalue weighted by molar-refractivity contribution is -0.104. The van der Waals surface area contributed by atoms with Crippen LogP contribution in [0.25, 0.3) is 0 Å². The van der Waals surface area contributed by atoms with Crippen LogP contribution in [0.15, 0.2) is 36.4 Å². The number of nitrogens with zero attached hydrogens (tertiary/aromatic N) is 2. The SMILES string of the molecule is C=S1(=O)NC(=O)c2ccc3c(c2)N(C[C@@H]2CC[C@H]2[C@@](O)(CN2C[C@@H]4NCCO[C@H]4C2)CCC[C@H](C)[C@H]1C)C[C@@]1(CCCc2cc(Cl)ccc21)CO3. The van der Waals surface area contributed by atoms with Crippen LogP contribution in [-0.2, 0) is 26.3 Å². The molecule has 2 bridgehead atoms. The predicted molar refractivity (Wildman–Crippen MR) is 205 cm³/mol. The molecule has 2 aromatic carbocycles. The number of morpholine rings is 1. The number of hydrogen-bond acceptors (Lipinski definition) is 8. The molecule has 1 saturated carbocycles. The molecule has 11 heteroatoms. The average Bonchev–Trinajstić information content (AvgIpc) is 3.42. The number of β-amino-alcohol motifs (C(OH)–C–C–N with tert-alkyl or cyclic N) is 1. The Morgan fingerprint density at radius 1 is 1.08 bits per heavy atom. The van der Waals surface area contributed by atoms with E-state index in [1.807, 2.05) is 25.1 Å². The fourth-order valence-corrected chi connectivity index (χ4v) is 12.0. The van der Waals surface area contributed by atoms with E-state index in [-0.39, 0.29) is 40.4 Å². The van der Waals surface area contributed by atoms with Gasteiger partial charge in [0.25, 0.3) is 5.91 Å². The highest BCUT2D eigenvalue weighted by Gasteiger charge is 2.50. The first kappa shape index (κ1) is 35.7. The average molecular weight is 739 g/mol. The maximum Gasteiger partial charge on any atom is 0.262 e. The van der Waals surface area contributed by atoms with Gasteiger partial charge in [-0.05, 0) is 117 Å². The van der Waals surface area contributed by atoms with Gasteiger partial charge in [0, 0.05) is 66.6 Å². The molecule has 2 aromatic rings. The van der Waals surface area contributed by atoms with Crippen LogP contribution in [0.1, 0.15) is 80.3 Å². The van der Waals surface area contributed by atoms with Crippen LogP contribution in [0.3, 0.4) is 0 Å². The van der Waals surface area contributed by atoms with Crippen LogP contribution in [0, 0.1) is 17.8 Å². The second-order valence-corrected chi connectivity index (χ2v) is 19.6. The Hall–Kier alpha value is -2.34. The highest BCUT2D eigenvalue weighted by atomic mass is 35.5. The van der Waals surface area contributed by atoms with Crippen LogP contribution < -0.4 is 19.7 Å². The van der Waals surface area contributed by atoms with Crippen molar-refractivity contribution in [3.8, 4) is 5.75 Å². The molecule has 9 atom stereocenters. The maximum absolute atomic E-state index is 14.0. The molecule has 0 radical (unpaired) electrons. The minimum Gasteiger partial charge on any atom is -0.490 e. The molecule has 9 nitrogen and oxygen atoms in total. The van der Waals surface area contributed by atoms with E-state index < -0.39 is 15.3 Å². The molecule has 278 valence electrons. The first-order valence-corrected chi connectivity index (χ1v) is 21.4. The minimum atomic E-state index is -2.95. The Bertz CT molecular complexity index is 1740. The number of amides is 1. The van der Waals surface area contributed by atoms with Gasteiger partial charge in [0.05, 0.1) is 40.3 Å². The number of aryl methyl sites for hydroxylation is 1. The number of carbonyl (C=O) groups is 1. The molecule has 8 rings (SSSR count). The van der Waals surface area contributed by atoms with Crippen molar-refractivity contribution in [3.05, 3.63) is 58.1 Å². The van der Waals surface area contributed by atoms with Gasteiger partial charge >= 0.3 is 0 Å². The predicted octanol–water partition coefficient (Wildman–Crippen LogP) is 4.81. The fourth-order valence-electron chi connectivity index (χ4n) is 10.3. The number of halogens is 1. The number of ether oxygens (including phenoxy) is 2. The normalized spacial score (nSPS) is 38.7. The number of anilines is 1. The van der Waals surface area contributed by atoms with Gasteiger partial charge in [-0.15, -0.1) is 0 Å². The number of aliphatic hydroxyl groups is 1. The van der Waals surface area contributed by atoms with Crippen LogP contribution in [0.4, 0.5) is 5.69 Å². The van der Waals surface area contributed by atoms with E-state index in [9.17, 15) is 14.1 Å². The zero-order valence-electron chi connectivity index (χ0n) is 30.2. The van der Waals surface area contributed by atoms with E-state index in [1.165, 1.54) is 11.1 Å². The van der Waals surface area contributed by atoms with Gasteiger partial charge in [0.15, 0.2) is 0 Å². The number of hydrogen-bond donors (Lipinski definition) is 3. The lowest BCUT2D eigenvalue weighted by atomic mass is 9.62. The summed E-state index contributed by atoms with van der Waals surface area (Å²) in [6.45, 7) is 9.99. The summed E-state index contributed by atoms with van der Waals surface area (Å²) in [6.07, 6.45) is 7.52. The number of rotatable bonds is 2. The standard InChI is InChI=1S/C40H55ClN4O5S/c1-26-6-4-15-40(47,24-44-21-34-37(22-44)49-17-16-42-34)33-11-8-30(33)20-45-23-39(14-5-7-28-18-31(41)10-12-32(28)39)25-50-36-13-9-29(19-35(36)45)38(46)43-51(3,48)27(26)2/h9-10,12-13,18-19,26-27,30,33-34,37,42,47H,3-8,11,14-17,20-25H2,1-2H3,(H,43,46,48)/t26-,27+,30-,33+,34-,37-,39-,40-,51?/m0/s1. The highest BCUT2D eigenvalue weighted by Crippen LogP contribution is 2.49. The number of likely N-dealkylation sites (tertiary alicyclic amines) is 1. The van der Waals surface area contributed by atoms with Crippen molar-refractivity contribution in [1.29, 1.82) is 0 Å². The number of benzene rings is 2. The van der Waals surface area contributed by atoms with E-state index in [1.54, 1.807) is 6.07 Å². The Kier molecular flexibility index (Phi) is 9.67. The van der Waals surface area contributed by atoms with E-state index in [2.05, 4.69) is 44.8 Å². The van der Waals surface area contributed by atoms with Crippen LogP contribution in [0.2, 0.25) is 5.02 Å². The molecule has 1 amide bonds. The number of carbonyl (C=O) groups excluding carboxylic acids is 1. The first-order chi connectivity index (χ1) is 24.4. The van der Waals surface area contributed by atoms with Crippen molar-refractivity contribution in [3.63, 3.8) is 0 Å². The van der Waals surface area contributed by atoms with Gasteiger partial charge in [-0.2, -0.15) is 0 Å². The topological polar surface area (TPSA) is 103 Å². The molecule has 6 aliphatic rings. The molecule has 1 unspecified atom stereocenters. The second-order valence-electron chi connectivity index (χ2n) is 16.7. The highest BCUT2D eigenvalue weighted by molar-refractivity contribution is 7.99. The number of nitrogens with one attached hydrogen (secondary N) is 2. The summed E-state index contributed by atoms with van der Waals surface area (Å²) in [5, 5.41) is 16.9. The lowest BCUT2D eigenvalue weighted by Crippen LogP contribution is -2.57. The first-order valence-electron chi connectivity index (χ1n) is 19.2. The summed E-state index contributed by atoms with van der Waals surface area (Å²) in [5.41, 5.74) is 2.80. The van der Waals surface area contributed by atoms with Crippen molar-refractivity contribution < 1.29 is 23.6 Å². The van der Waals surface area contributed by atoms with Crippen LogP contribution >= 0.6 is 11.6 Å². The van der Waals surface area contributed by atoms with Gasteiger partial charge in [-0.1, -0.05) is 31.0 Å². The van der Waals surface area contributed by atoms with Crippen molar-refractivity contribution in [2.24, 2.45) is 17.8 Å². The number of fused-ring (bicyclic) bond motifs is 5. The molecule has 1 spiro atoms. The van der Waals surface area contributed by atoms with Gasteiger partial charge in [0.1, 0.15) is 5.75 Å². The summed E-state index contributed by atoms with van der Waals surface area (Å²) >= 11 is 6.50. The zero-order chi connectivity index (χ0) is 35.5. The molecule has 3 fully saturated rings. The van der Waals surface area contributed by atoms with Crippen molar-refractivity contribution in [2.45, 2.75) is 93.6 Å². The second kappa shape index (κ2) is 13.8. The monoisotopic (exact) mass is 738 g/mol. The van der Waals surface area contributed by atoms with Crippen LogP contribution in [-0.4, -0.2) is 101 Å². The lowest BCUT2D eigenvalue weighted by Gasteiger charge is -2.51. The summed E-state index contributed by atoms with van der Waals surface area (Å²) < 4.78 is 29.6. The molecule has 4 heterocycles. The third kappa shape index (κ3) is 6.82. The summed E-state index contributed by atoms with van der Waals surface area (Å²) in [7, 11) is -2.95. The van der Waals surface area contributed by atoms with Gasteiger partial charge in [0.2, 0.25) is 0 Å². The Labute approximate surface area is 308 Å². The van der Waals surface area contributed by atoms with Crippen LogP contribution in [0.5, 0.6) is 5.75 Å². The summed E-state index contributed by atoms with van der Waals surface area (Å²) in [5.74, 6) is 4.91. The van der Waals surface area contributed by atoms with Crippen molar-refractivity contribution >= 4 is 38.8 Å². The molecular weight excluding hydrogens is 684 g/mol. The Morgan fingerprint density at radius 2 is 1.94 bits per heavy atom. The van der Waals surface area contributed by atoms with E-state index in [0.717, 1.165) is 101 Å². The maximum atomic E-state index is 14.0. The van der Waals surface area contributed by atoms with Gasteiger partial charge < -0.3 is 24.8 Å². The van der Waals surface area contributed by atoms with E-state index in [4.69, 9.17) is 21.1 Å². The molecule has 3 N–H and O–H groups in total. The smallest absolute Gasteiger partial charge is 0.262 e. The van der Waals surface area contributed by atoms with Gasteiger partial charge in [-0.25, -0.2) is 4.21 Å². The molecule has 51 heavy (non-hydrogen) atoms. The third-order valence-corrected chi connectivity index (χ3v) is 15.9. The Balaban J connectivity index is 1.17. The van der Waals surface area contributed by atoms with E-state index >= 15 is 0 Å². The zero-order valence-corrected chi connectivity index (χ0v) is 31.8. The van der Waals surface area contributed by atoms with Crippen molar-refractivity contribution in [2.75, 3.05) is 57.4 Å². The largest absolute Gasteiger partial charge is 0.490 e. The Morgan fingerprint density at radius 3 is 2.75 bits per heavy atom. The minimum absolute atomic E-state index is 0.0530. The molecule has 4 aliphatic heterocycles. The molecule has 2 aliphatic carbocycles. The quantitative estimate of drug-likeness (QED) is 0.378. The van der Waals surface area contributed by atoms with Crippen molar-refractivity contribution in [1.82, 2.24) is 14.9 Å². The van der Waals surface area contributed by atoms with Gasteiger partial charge in [-0.3, -0.25) is 14.4 Å². The fraction of sp³-hybridized carbons (Fsp3) is 0.650. The molecular formula is C40H55ClN4O5S. The van der Waals surface area contributed by atoms with E-state index in [0.29, 0.717) is 31.2 Å². The molecule has 0 aromatic heterocycles. The third-order valence-electron chi connectivity index (χ3n) is 13.5.